The number of aromatic hydroxyl groups is 1. The molecule has 22 heavy (non-hydrogen) atoms. The fourth-order valence-corrected chi connectivity index (χ4v) is 2.11. The van der Waals surface area contributed by atoms with Crippen LogP contribution in [0.25, 0.3) is 0 Å². The lowest BCUT2D eigenvalue weighted by Gasteiger charge is -2.13. The van der Waals surface area contributed by atoms with Crippen molar-refractivity contribution in [3.8, 4) is 11.5 Å². The molecule has 2 aromatic rings. The summed E-state index contributed by atoms with van der Waals surface area (Å²) in [6.45, 7) is 3.14. The number of hydrogen-bond acceptors (Lipinski definition) is 4. The highest BCUT2D eigenvalue weighted by molar-refractivity contribution is 6.10. The predicted molar refractivity (Wildman–Crippen MR) is 80.6 cm³/mol. The number of carboxylic acid groups (broad SMARTS) is 1. The van der Waals surface area contributed by atoms with E-state index in [4.69, 9.17) is 9.84 Å². The fraction of sp³-hybridized carbons (Fsp3) is 0.176. The number of benzene rings is 2. The lowest BCUT2D eigenvalue weighted by molar-refractivity contribution is -0.139. The number of rotatable bonds is 5. The minimum absolute atomic E-state index is 0.0990. The van der Waals surface area contributed by atoms with Gasteiger partial charge in [0.05, 0.1) is 0 Å². The standard InChI is InChI=1S/C17H16O5/c1-10-11(2)15(22-9-16(19)20)8-7-14(10)17(21)12-3-5-13(18)6-4-12/h3-8,18H,9H2,1-2H3,(H,19,20). The SMILES string of the molecule is Cc1c(OCC(=O)O)ccc(C(=O)c2ccc(O)cc2)c1C. The minimum atomic E-state index is -1.05. The van der Waals surface area contributed by atoms with Gasteiger partial charge < -0.3 is 14.9 Å². The van der Waals surface area contributed by atoms with Crippen molar-refractivity contribution in [1.29, 1.82) is 0 Å². The molecule has 0 aliphatic rings. The van der Waals surface area contributed by atoms with Gasteiger partial charge in [0.1, 0.15) is 11.5 Å². The smallest absolute Gasteiger partial charge is 0.341 e. The first kappa shape index (κ1) is 15.6. The number of phenolic OH excluding ortho intramolecular Hbond substituents is 1. The van der Waals surface area contributed by atoms with Crippen molar-refractivity contribution in [2.24, 2.45) is 0 Å². The van der Waals surface area contributed by atoms with Crippen molar-refractivity contribution in [3.05, 3.63) is 58.7 Å². The lowest BCUT2D eigenvalue weighted by atomic mass is 9.95. The number of aliphatic carboxylic acids is 1. The van der Waals surface area contributed by atoms with E-state index in [0.717, 1.165) is 11.1 Å². The van der Waals surface area contributed by atoms with Gasteiger partial charge in [0.25, 0.3) is 0 Å². The first-order valence-corrected chi connectivity index (χ1v) is 6.68. The van der Waals surface area contributed by atoms with Crippen molar-refractivity contribution < 1.29 is 24.5 Å². The summed E-state index contributed by atoms with van der Waals surface area (Å²) in [5.74, 6) is -0.671. The molecule has 0 atom stereocenters. The lowest BCUT2D eigenvalue weighted by Crippen LogP contribution is -2.11. The summed E-state index contributed by atoms with van der Waals surface area (Å²) in [6.07, 6.45) is 0. The third-order valence-electron chi connectivity index (χ3n) is 3.46. The van der Waals surface area contributed by atoms with Crippen molar-refractivity contribution in [2.45, 2.75) is 13.8 Å². The van der Waals surface area contributed by atoms with E-state index in [1.165, 1.54) is 12.1 Å². The molecule has 0 aliphatic heterocycles. The molecule has 2 aromatic carbocycles. The number of carboxylic acids is 1. The van der Waals surface area contributed by atoms with Crippen LogP contribution in [-0.2, 0) is 4.79 Å². The molecule has 114 valence electrons. The Morgan fingerprint density at radius 3 is 2.23 bits per heavy atom. The molecule has 2 N–H and O–H groups in total. The highest BCUT2D eigenvalue weighted by Gasteiger charge is 2.15. The van der Waals surface area contributed by atoms with E-state index in [1.807, 2.05) is 0 Å². The molecule has 5 nitrogen and oxygen atoms in total. The van der Waals surface area contributed by atoms with E-state index < -0.39 is 12.6 Å². The first-order valence-electron chi connectivity index (χ1n) is 6.68. The zero-order valence-corrected chi connectivity index (χ0v) is 12.3. The molecule has 0 bridgehead atoms. The molecule has 2 rings (SSSR count). The second kappa shape index (κ2) is 6.30. The van der Waals surface area contributed by atoms with Gasteiger partial charge >= 0.3 is 5.97 Å². The molecule has 0 aliphatic carbocycles. The highest BCUT2D eigenvalue weighted by Crippen LogP contribution is 2.26. The third-order valence-corrected chi connectivity index (χ3v) is 3.46. The van der Waals surface area contributed by atoms with Gasteiger partial charge in [-0.3, -0.25) is 4.79 Å². The Bertz CT molecular complexity index is 717. The Hall–Kier alpha value is -2.82. The summed E-state index contributed by atoms with van der Waals surface area (Å²) in [5.41, 5.74) is 2.46. The maximum Gasteiger partial charge on any atom is 0.341 e. The molecule has 0 saturated heterocycles. The van der Waals surface area contributed by atoms with E-state index in [0.29, 0.717) is 16.9 Å². The summed E-state index contributed by atoms with van der Waals surface area (Å²) < 4.78 is 5.19. The third kappa shape index (κ3) is 3.25. The molecule has 0 amide bonds. The molecule has 0 spiro atoms. The van der Waals surface area contributed by atoms with E-state index in [1.54, 1.807) is 38.1 Å². The molecule has 0 saturated carbocycles. The van der Waals surface area contributed by atoms with Crippen LogP contribution >= 0.6 is 0 Å². The predicted octanol–water partition coefficient (Wildman–Crippen LogP) is 2.70. The quantitative estimate of drug-likeness (QED) is 0.829. The topological polar surface area (TPSA) is 83.8 Å². The molecular formula is C17H16O5. The molecule has 0 radical (unpaired) electrons. The first-order chi connectivity index (χ1) is 10.4. The van der Waals surface area contributed by atoms with Gasteiger partial charge in [-0.2, -0.15) is 0 Å². The van der Waals surface area contributed by atoms with Gasteiger partial charge in [-0.15, -0.1) is 0 Å². The Morgan fingerprint density at radius 1 is 1.00 bits per heavy atom. The molecule has 0 fully saturated rings. The number of ether oxygens (including phenoxy) is 1. The molecule has 0 heterocycles. The van der Waals surface area contributed by atoms with Gasteiger partial charge in [-0.25, -0.2) is 4.79 Å². The average molecular weight is 300 g/mol. The zero-order chi connectivity index (χ0) is 16.3. The Kier molecular flexibility index (Phi) is 4.46. The number of hydrogen-bond donors (Lipinski definition) is 2. The number of carbonyl (C=O) groups is 2. The molecule has 0 aromatic heterocycles. The monoisotopic (exact) mass is 300 g/mol. The zero-order valence-electron chi connectivity index (χ0n) is 12.3. The van der Waals surface area contributed by atoms with E-state index in [-0.39, 0.29) is 11.5 Å². The summed E-state index contributed by atoms with van der Waals surface area (Å²) in [4.78, 5) is 23.0. The second-order valence-electron chi connectivity index (χ2n) is 4.92. The molecular weight excluding hydrogens is 284 g/mol. The number of phenols is 1. The van der Waals surface area contributed by atoms with Crippen molar-refractivity contribution in [2.75, 3.05) is 6.61 Å². The van der Waals surface area contributed by atoms with E-state index >= 15 is 0 Å². The van der Waals surface area contributed by atoms with Crippen molar-refractivity contribution in [1.82, 2.24) is 0 Å². The van der Waals surface area contributed by atoms with Crippen LogP contribution in [0.2, 0.25) is 0 Å². The van der Waals surface area contributed by atoms with Crippen molar-refractivity contribution in [3.63, 3.8) is 0 Å². The van der Waals surface area contributed by atoms with Gasteiger partial charge in [0.2, 0.25) is 0 Å². The van der Waals surface area contributed by atoms with Crippen LogP contribution in [0, 0.1) is 13.8 Å². The fourth-order valence-electron chi connectivity index (χ4n) is 2.11. The Balaban J connectivity index is 2.32. The van der Waals surface area contributed by atoms with Gasteiger partial charge in [-0.05, 0) is 61.4 Å². The maximum atomic E-state index is 12.5. The van der Waals surface area contributed by atoms with E-state index in [9.17, 15) is 14.7 Å². The number of ketones is 1. The molecule has 0 unspecified atom stereocenters. The summed E-state index contributed by atoms with van der Waals surface area (Å²) in [5, 5.41) is 17.9. The van der Waals surface area contributed by atoms with Crippen LogP contribution in [-0.4, -0.2) is 28.6 Å². The minimum Gasteiger partial charge on any atom is -0.508 e. The van der Waals surface area contributed by atoms with Crippen LogP contribution < -0.4 is 4.74 Å². The maximum absolute atomic E-state index is 12.5. The normalized spacial score (nSPS) is 10.3. The van der Waals surface area contributed by atoms with Gasteiger partial charge in [0, 0.05) is 11.1 Å². The second-order valence-corrected chi connectivity index (χ2v) is 4.92. The summed E-state index contributed by atoms with van der Waals surface area (Å²) >= 11 is 0. The van der Waals surface area contributed by atoms with Crippen molar-refractivity contribution >= 4 is 11.8 Å². The summed E-state index contributed by atoms with van der Waals surface area (Å²) in [6, 6.07) is 9.25. The number of carbonyl (C=O) groups excluding carboxylic acids is 1. The Labute approximate surface area is 127 Å². The van der Waals surface area contributed by atoms with E-state index in [2.05, 4.69) is 0 Å². The van der Waals surface area contributed by atoms with Crippen LogP contribution in [0.1, 0.15) is 27.0 Å². The largest absolute Gasteiger partial charge is 0.508 e. The van der Waals surface area contributed by atoms with Crippen LogP contribution in [0.5, 0.6) is 11.5 Å². The summed E-state index contributed by atoms with van der Waals surface area (Å²) in [7, 11) is 0. The van der Waals surface area contributed by atoms with Gasteiger partial charge in [0.15, 0.2) is 12.4 Å². The molecule has 5 heteroatoms. The van der Waals surface area contributed by atoms with Gasteiger partial charge in [-0.1, -0.05) is 0 Å². The van der Waals surface area contributed by atoms with Crippen LogP contribution in [0.3, 0.4) is 0 Å². The van der Waals surface area contributed by atoms with Crippen LogP contribution in [0.15, 0.2) is 36.4 Å². The van der Waals surface area contributed by atoms with Crippen LogP contribution in [0.4, 0.5) is 0 Å². The highest BCUT2D eigenvalue weighted by atomic mass is 16.5. The Morgan fingerprint density at radius 2 is 1.64 bits per heavy atom. The average Bonchev–Trinajstić information content (AvgIpc) is 2.49.